The highest BCUT2D eigenvalue weighted by Gasteiger charge is 2.26. The molecule has 1 heterocycles. The van der Waals surface area contributed by atoms with Gasteiger partial charge in [-0.25, -0.2) is 4.79 Å². The monoisotopic (exact) mass is 318 g/mol. The van der Waals surface area contributed by atoms with Gasteiger partial charge < -0.3 is 18.6 Å². The third-order valence-electron chi connectivity index (χ3n) is 3.97. The molecule has 1 fully saturated rings. The highest BCUT2D eigenvalue weighted by Crippen LogP contribution is 2.37. The molecule has 0 spiro atoms. The summed E-state index contributed by atoms with van der Waals surface area (Å²) in [5.41, 5.74) is -0.252. The first-order valence-electron chi connectivity index (χ1n) is 7.51. The minimum Gasteiger partial charge on any atom is -0.496 e. The van der Waals surface area contributed by atoms with Crippen LogP contribution in [0.5, 0.6) is 17.2 Å². The van der Waals surface area contributed by atoms with E-state index < -0.39 is 11.7 Å². The van der Waals surface area contributed by atoms with Crippen LogP contribution in [0.1, 0.15) is 25.7 Å². The van der Waals surface area contributed by atoms with Crippen LogP contribution in [-0.4, -0.2) is 26.1 Å². The molecule has 0 saturated heterocycles. The Hall–Kier alpha value is -2.50. The van der Waals surface area contributed by atoms with Gasteiger partial charge in [0.2, 0.25) is 0 Å². The van der Waals surface area contributed by atoms with Crippen molar-refractivity contribution in [3.05, 3.63) is 28.6 Å². The van der Waals surface area contributed by atoms with Crippen molar-refractivity contribution in [2.45, 2.75) is 31.8 Å². The van der Waals surface area contributed by atoms with Gasteiger partial charge in [-0.15, -0.1) is 0 Å². The topological polar surface area (TPSA) is 75.0 Å². The summed E-state index contributed by atoms with van der Waals surface area (Å²) in [5.74, 6) is 1.32. The molecule has 0 radical (unpaired) electrons. The highest BCUT2D eigenvalue weighted by molar-refractivity contribution is 5.91. The summed E-state index contributed by atoms with van der Waals surface area (Å²) in [7, 11) is 3.02. The van der Waals surface area contributed by atoms with Gasteiger partial charge in [0.05, 0.1) is 20.3 Å². The zero-order valence-electron chi connectivity index (χ0n) is 13.1. The van der Waals surface area contributed by atoms with Crippen LogP contribution in [0.15, 0.2) is 27.4 Å². The van der Waals surface area contributed by atoms with E-state index in [-0.39, 0.29) is 5.78 Å². The van der Waals surface area contributed by atoms with E-state index in [4.69, 9.17) is 18.6 Å². The van der Waals surface area contributed by atoms with Crippen molar-refractivity contribution in [3.8, 4) is 17.2 Å². The molecule has 1 aliphatic carbocycles. The number of ether oxygens (including phenoxy) is 3. The number of rotatable bonds is 4. The number of ketones is 1. The maximum Gasteiger partial charge on any atom is 0.339 e. The molecule has 1 aromatic carbocycles. The number of benzene rings is 1. The third-order valence-corrected chi connectivity index (χ3v) is 3.97. The molecule has 6 heteroatoms. The molecule has 0 amide bonds. The molecule has 1 aromatic heterocycles. The predicted molar refractivity (Wildman–Crippen MR) is 83.5 cm³/mol. The zero-order chi connectivity index (χ0) is 16.4. The van der Waals surface area contributed by atoms with Gasteiger partial charge in [0.15, 0.2) is 11.9 Å². The lowest BCUT2D eigenvalue weighted by atomic mass is 9.96. The highest BCUT2D eigenvalue weighted by atomic mass is 16.5. The van der Waals surface area contributed by atoms with Crippen molar-refractivity contribution in [1.82, 2.24) is 0 Å². The number of hydrogen-bond acceptors (Lipinski definition) is 6. The Morgan fingerprint density at radius 3 is 2.57 bits per heavy atom. The molecule has 122 valence electrons. The molecule has 1 unspecified atom stereocenters. The lowest BCUT2D eigenvalue weighted by Crippen LogP contribution is -2.30. The standard InChI is InChI=1S/C17H18O6/c1-20-10-7-13(21-2)17-14(8-10)23-16(19)9-15(17)22-12-6-4-3-5-11(12)18/h7-9,12H,3-6H2,1-2H3. The summed E-state index contributed by atoms with van der Waals surface area (Å²) in [4.78, 5) is 23.8. The molecule has 0 N–H and O–H groups in total. The van der Waals surface area contributed by atoms with E-state index in [2.05, 4.69) is 0 Å². The average Bonchev–Trinajstić information content (AvgIpc) is 2.55. The fourth-order valence-electron chi connectivity index (χ4n) is 2.81. The average molecular weight is 318 g/mol. The first kappa shape index (κ1) is 15.4. The Morgan fingerprint density at radius 1 is 1.04 bits per heavy atom. The first-order valence-corrected chi connectivity index (χ1v) is 7.51. The maximum absolute atomic E-state index is 12.0. The summed E-state index contributed by atoms with van der Waals surface area (Å²) < 4.78 is 21.6. The Bertz CT molecular complexity index is 792. The SMILES string of the molecule is COc1cc(OC)c2c(OC3CCCCC3=O)cc(=O)oc2c1. The van der Waals surface area contributed by atoms with Crippen LogP contribution in [-0.2, 0) is 4.79 Å². The zero-order valence-corrected chi connectivity index (χ0v) is 13.1. The van der Waals surface area contributed by atoms with Crippen LogP contribution in [0.2, 0.25) is 0 Å². The summed E-state index contributed by atoms with van der Waals surface area (Å²) in [6.07, 6.45) is 2.45. The summed E-state index contributed by atoms with van der Waals surface area (Å²) in [6, 6.07) is 4.52. The molecule has 1 saturated carbocycles. The van der Waals surface area contributed by atoms with Crippen molar-refractivity contribution in [3.63, 3.8) is 0 Å². The van der Waals surface area contributed by atoms with E-state index >= 15 is 0 Å². The van der Waals surface area contributed by atoms with Crippen LogP contribution < -0.4 is 19.8 Å². The van der Waals surface area contributed by atoms with E-state index in [9.17, 15) is 9.59 Å². The molecule has 6 nitrogen and oxygen atoms in total. The van der Waals surface area contributed by atoms with Gasteiger partial charge in [-0.1, -0.05) is 0 Å². The summed E-state index contributed by atoms with van der Waals surface area (Å²) >= 11 is 0. The summed E-state index contributed by atoms with van der Waals surface area (Å²) in [6.45, 7) is 0. The fourth-order valence-corrected chi connectivity index (χ4v) is 2.81. The number of Topliss-reactive ketones (excluding diaryl/α,β-unsaturated/α-hetero) is 1. The molecule has 1 atom stereocenters. The molecule has 23 heavy (non-hydrogen) atoms. The number of carbonyl (C=O) groups excluding carboxylic acids is 1. The van der Waals surface area contributed by atoms with Gasteiger partial charge in [-0.2, -0.15) is 0 Å². The van der Waals surface area contributed by atoms with Crippen molar-refractivity contribution in [2.24, 2.45) is 0 Å². The fraction of sp³-hybridized carbons (Fsp3) is 0.412. The van der Waals surface area contributed by atoms with Crippen molar-refractivity contribution >= 4 is 16.8 Å². The van der Waals surface area contributed by atoms with Crippen molar-refractivity contribution in [2.75, 3.05) is 14.2 Å². The molecular weight excluding hydrogens is 300 g/mol. The second-order valence-corrected chi connectivity index (χ2v) is 5.45. The van der Waals surface area contributed by atoms with Crippen LogP contribution in [0.3, 0.4) is 0 Å². The van der Waals surface area contributed by atoms with Crippen LogP contribution >= 0.6 is 0 Å². The van der Waals surface area contributed by atoms with E-state index in [1.165, 1.54) is 20.3 Å². The van der Waals surface area contributed by atoms with Gasteiger partial charge in [-0.3, -0.25) is 4.79 Å². The van der Waals surface area contributed by atoms with Crippen LogP contribution in [0.25, 0.3) is 11.0 Å². The Kier molecular flexibility index (Phi) is 4.23. The lowest BCUT2D eigenvalue weighted by Gasteiger charge is -2.22. The molecule has 1 aliphatic rings. The quantitative estimate of drug-likeness (QED) is 0.807. The smallest absolute Gasteiger partial charge is 0.339 e. The largest absolute Gasteiger partial charge is 0.496 e. The predicted octanol–water partition coefficient (Wildman–Crippen LogP) is 2.70. The van der Waals surface area contributed by atoms with Crippen molar-refractivity contribution in [1.29, 1.82) is 0 Å². The second kappa shape index (κ2) is 6.32. The Balaban J connectivity index is 2.11. The van der Waals surface area contributed by atoms with E-state index in [1.807, 2.05) is 0 Å². The second-order valence-electron chi connectivity index (χ2n) is 5.45. The molecule has 0 bridgehead atoms. The van der Waals surface area contributed by atoms with Crippen LogP contribution in [0, 0.1) is 0 Å². The van der Waals surface area contributed by atoms with E-state index in [1.54, 1.807) is 12.1 Å². The van der Waals surface area contributed by atoms with Gasteiger partial charge in [0.1, 0.15) is 28.2 Å². The van der Waals surface area contributed by atoms with Gasteiger partial charge in [0.25, 0.3) is 0 Å². The van der Waals surface area contributed by atoms with Gasteiger partial charge in [0, 0.05) is 18.6 Å². The first-order chi connectivity index (χ1) is 11.1. The van der Waals surface area contributed by atoms with Gasteiger partial charge in [-0.05, 0) is 19.3 Å². The molecular formula is C17H18O6. The van der Waals surface area contributed by atoms with E-state index in [0.717, 1.165) is 12.8 Å². The number of fused-ring (bicyclic) bond motifs is 1. The minimum atomic E-state index is -0.550. The number of hydrogen-bond donors (Lipinski definition) is 0. The summed E-state index contributed by atoms with van der Waals surface area (Å²) in [5, 5.41) is 0.520. The molecule has 2 aromatic rings. The molecule has 3 rings (SSSR count). The molecule has 0 aliphatic heterocycles. The normalized spacial score (nSPS) is 18.0. The third kappa shape index (κ3) is 3.02. The van der Waals surface area contributed by atoms with Gasteiger partial charge >= 0.3 is 5.63 Å². The lowest BCUT2D eigenvalue weighted by molar-refractivity contribution is -0.127. The Morgan fingerprint density at radius 2 is 1.87 bits per heavy atom. The minimum absolute atomic E-state index is 0.0603. The van der Waals surface area contributed by atoms with E-state index in [0.29, 0.717) is 41.1 Å². The van der Waals surface area contributed by atoms with Crippen LogP contribution in [0.4, 0.5) is 0 Å². The number of methoxy groups -OCH3 is 2. The number of carbonyl (C=O) groups is 1. The Labute approximate surface area is 132 Å². The maximum atomic E-state index is 12.0. The van der Waals surface area contributed by atoms with Crippen molar-refractivity contribution < 1.29 is 23.4 Å².